The van der Waals surface area contributed by atoms with Gasteiger partial charge in [0.15, 0.2) is 0 Å². The van der Waals surface area contributed by atoms with E-state index in [1.54, 1.807) is 6.92 Å². The molecule has 13 heavy (non-hydrogen) atoms. The minimum Gasteiger partial charge on any atom is -0.377 e. The Balaban J connectivity index is 2.58. The monoisotopic (exact) mass is 186 g/mol. The zero-order chi connectivity index (χ0) is 9.84. The van der Waals surface area contributed by atoms with E-state index in [1.807, 2.05) is 4.90 Å². The first-order valence-corrected chi connectivity index (χ1v) is 4.80. The smallest absolute Gasteiger partial charge is 0.239 e. The second-order valence-corrected chi connectivity index (χ2v) is 3.46. The summed E-state index contributed by atoms with van der Waals surface area (Å²) < 4.78 is 5.30. The van der Waals surface area contributed by atoms with E-state index < -0.39 is 6.04 Å². The van der Waals surface area contributed by atoms with Crippen LogP contribution in [0.4, 0.5) is 0 Å². The predicted molar refractivity (Wildman–Crippen MR) is 50.3 cm³/mol. The van der Waals surface area contributed by atoms with Gasteiger partial charge in [-0.05, 0) is 13.3 Å². The highest BCUT2D eigenvalue weighted by Gasteiger charge is 2.27. The molecule has 2 atom stereocenters. The fourth-order valence-corrected chi connectivity index (χ4v) is 1.54. The quantitative estimate of drug-likeness (QED) is 0.659. The van der Waals surface area contributed by atoms with Gasteiger partial charge in [0.25, 0.3) is 0 Å². The molecule has 2 N–H and O–H groups in total. The number of ether oxygens (including phenoxy) is 1. The molecule has 0 radical (unpaired) electrons. The van der Waals surface area contributed by atoms with Crippen molar-refractivity contribution >= 4 is 5.91 Å². The van der Waals surface area contributed by atoms with Crippen LogP contribution in [0.3, 0.4) is 0 Å². The van der Waals surface area contributed by atoms with Crippen molar-refractivity contribution < 1.29 is 9.53 Å². The van der Waals surface area contributed by atoms with E-state index in [2.05, 4.69) is 6.92 Å². The Kier molecular flexibility index (Phi) is 3.69. The van der Waals surface area contributed by atoms with Crippen LogP contribution in [0.1, 0.15) is 20.3 Å². The molecule has 1 unspecified atom stereocenters. The maximum Gasteiger partial charge on any atom is 0.239 e. The predicted octanol–water partition coefficient (Wildman–Crippen LogP) is -0.0290. The highest BCUT2D eigenvalue weighted by Crippen LogP contribution is 2.11. The van der Waals surface area contributed by atoms with Gasteiger partial charge in [-0.15, -0.1) is 0 Å². The highest BCUT2D eigenvalue weighted by molar-refractivity contribution is 5.81. The molecule has 0 bridgehead atoms. The minimum absolute atomic E-state index is 0.0372. The van der Waals surface area contributed by atoms with Crippen molar-refractivity contribution in [1.29, 1.82) is 0 Å². The lowest BCUT2D eigenvalue weighted by molar-refractivity contribution is -0.140. The third-order valence-corrected chi connectivity index (χ3v) is 2.37. The third kappa shape index (κ3) is 2.42. The average Bonchev–Trinajstić information content (AvgIpc) is 2.16. The van der Waals surface area contributed by atoms with Crippen LogP contribution in [0.15, 0.2) is 0 Å². The molecule has 1 aliphatic rings. The van der Waals surface area contributed by atoms with Gasteiger partial charge in [0.05, 0.1) is 25.3 Å². The molecular weight excluding hydrogens is 168 g/mol. The van der Waals surface area contributed by atoms with Gasteiger partial charge in [0.2, 0.25) is 5.91 Å². The van der Waals surface area contributed by atoms with Gasteiger partial charge in [0.1, 0.15) is 0 Å². The summed E-state index contributed by atoms with van der Waals surface area (Å²) in [7, 11) is 0. The van der Waals surface area contributed by atoms with Crippen LogP contribution in [0.2, 0.25) is 0 Å². The minimum atomic E-state index is -0.396. The molecule has 1 rings (SSSR count). The van der Waals surface area contributed by atoms with Crippen LogP contribution in [-0.2, 0) is 9.53 Å². The van der Waals surface area contributed by atoms with Gasteiger partial charge in [-0.1, -0.05) is 6.92 Å². The van der Waals surface area contributed by atoms with Gasteiger partial charge in [-0.25, -0.2) is 0 Å². The Morgan fingerprint density at radius 3 is 3.00 bits per heavy atom. The number of hydrogen-bond acceptors (Lipinski definition) is 3. The summed E-state index contributed by atoms with van der Waals surface area (Å²) >= 11 is 0. The lowest BCUT2D eigenvalue weighted by Crippen LogP contribution is -2.53. The van der Waals surface area contributed by atoms with E-state index in [9.17, 15) is 4.79 Å². The fourth-order valence-electron chi connectivity index (χ4n) is 1.54. The molecule has 1 saturated heterocycles. The van der Waals surface area contributed by atoms with Crippen LogP contribution >= 0.6 is 0 Å². The molecule has 4 nitrogen and oxygen atoms in total. The van der Waals surface area contributed by atoms with Crippen molar-refractivity contribution in [2.75, 3.05) is 19.8 Å². The molecule has 4 heteroatoms. The molecule has 1 aliphatic heterocycles. The van der Waals surface area contributed by atoms with Gasteiger partial charge in [0, 0.05) is 6.54 Å². The molecule has 0 aromatic rings. The van der Waals surface area contributed by atoms with Crippen LogP contribution < -0.4 is 5.73 Å². The zero-order valence-electron chi connectivity index (χ0n) is 8.32. The summed E-state index contributed by atoms with van der Waals surface area (Å²) in [5.74, 6) is 0.0372. The van der Waals surface area contributed by atoms with Crippen LogP contribution in [0, 0.1) is 0 Å². The van der Waals surface area contributed by atoms with Crippen molar-refractivity contribution in [3.8, 4) is 0 Å². The largest absolute Gasteiger partial charge is 0.377 e. The van der Waals surface area contributed by atoms with Crippen molar-refractivity contribution in [2.24, 2.45) is 5.73 Å². The molecule has 1 heterocycles. The van der Waals surface area contributed by atoms with Gasteiger partial charge >= 0.3 is 0 Å². The molecular formula is C9H18N2O2. The van der Waals surface area contributed by atoms with Crippen molar-refractivity contribution in [3.05, 3.63) is 0 Å². The summed E-state index contributed by atoms with van der Waals surface area (Å²) in [5, 5.41) is 0. The molecule has 0 aliphatic carbocycles. The number of hydrogen-bond donors (Lipinski definition) is 1. The number of morpholine rings is 1. The summed E-state index contributed by atoms with van der Waals surface area (Å²) in [4.78, 5) is 13.5. The Morgan fingerprint density at radius 1 is 1.77 bits per heavy atom. The normalized spacial score (nSPS) is 25.8. The number of rotatable bonds is 2. The lowest BCUT2D eigenvalue weighted by atomic mass is 10.1. The zero-order valence-corrected chi connectivity index (χ0v) is 8.32. The fraction of sp³-hybridized carbons (Fsp3) is 0.889. The van der Waals surface area contributed by atoms with E-state index in [4.69, 9.17) is 10.5 Å². The van der Waals surface area contributed by atoms with E-state index in [1.165, 1.54) is 0 Å². The Morgan fingerprint density at radius 2 is 2.46 bits per heavy atom. The van der Waals surface area contributed by atoms with Crippen molar-refractivity contribution in [3.63, 3.8) is 0 Å². The van der Waals surface area contributed by atoms with E-state index >= 15 is 0 Å². The maximum atomic E-state index is 11.6. The van der Waals surface area contributed by atoms with E-state index in [0.717, 1.165) is 6.42 Å². The summed E-state index contributed by atoms with van der Waals surface area (Å²) in [6.45, 7) is 5.74. The molecule has 0 aromatic heterocycles. The molecule has 76 valence electrons. The standard InChI is InChI=1S/C9H18N2O2/c1-3-8-6-13-5-4-11(8)9(12)7(2)10/h7-8H,3-6,10H2,1-2H3/t7-,8?/m0/s1. The topological polar surface area (TPSA) is 55.6 Å². The molecule has 0 spiro atoms. The van der Waals surface area contributed by atoms with Crippen LogP contribution in [0.25, 0.3) is 0 Å². The molecule has 0 aromatic carbocycles. The SMILES string of the molecule is CCC1COCCN1C(=O)[C@H](C)N. The number of carbonyl (C=O) groups is 1. The Hall–Kier alpha value is -0.610. The molecule has 1 fully saturated rings. The summed E-state index contributed by atoms with van der Waals surface area (Å²) in [5.41, 5.74) is 5.55. The first-order valence-electron chi connectivity index (χ1n) is 4.80. The van der Waals surface area contributed by atoms with Crippen molar-refractivity contribution in [1.82, 2.24) is 4.90 Å². The van der Waals surface area contributed by atoms with E-state index in [0.29, 0.717) is 19.8 Å². The van der Waals surface area contributed by atoms with Gasteiger partial charge < -0.3 is 15.4 Å². The first-order chi connectivity index (χ1) is 6.16. The Labute approximate surface area is 79.0 Å². The Bertz CT molecular complexity index is 182. The first kappa shape index (κ1) is 10.5. The second-order valence-electron chi connectivity index (χ2n) is 3.46. The highest BCUT2D eigenvalue weighted by atomic mass is 16.5. The summed E-state index contributed by atoms with van der Waals surface area (Å²) in [6.07, 6.45) is 0.929. The maximum absolute atomic E-state index is 11.6. The molecule has 1 amide bonds. The third-order valence-electron chi connectivity index (χ3n) is 2.37. The summed E-state index contributed by atoms with van der Waals surface area (Å²) in [6, 6.07) is -0.181. The average molecular weight is 186 g/mol. The van der Waals surface area contributed by atoms with Crippen LogP contribution in [-0.4, -0.2) is 42.6 Å². The molecule has 0 saturated carbocycles. The van der Waals surface area contributed by atoms with Gasteiger partial charge in [-0.2, -0.15) is 0 Å². The number of nitrogens with two attached hydrogens (primary N) is 1. The number of nitrogens with zero attached hydrogens (tertiary/aromatic N) is 1. The second kappa shape index (κ2) is 4.58. The van der Waals surface area contributed by atoms with E-state index in [-0.39, 0.29) is 11.9 Å². The lowest BCUT2D eigenvalue weighted by Gasteiger charge is -2.36. The number of carbonyl (C=O) groups excluding carboxylic acids is 1. The van der Waals surface area contributed by atoms with Crippen LogP contribution in [0.5, 0.6) is 0 Å². The van der Waals surface area contributed by atoms with Crippen molar-refractivity contribution in [2.45, 2.75) is 32.4 Å². The number of amides is 1. The van der Waals surface area contributed by atoms with Gasteiger partial charge in [-0.3, -0.25) is 4.79 Å².